The van der Waals surface area contributed by atoms with Gasteiger partial charge in [0.15, 0.2) is 0 Å². The number of nitrogens with one attached hydrogen (secondary N) is 1. The van der Waals surface area contributed by atoms with E-state index < -0.39 is 0 Å². The third-order valence-corrected chi connectivity index (χ3v) is 3.23. The van der Waals surface area contributed by atoms with E-state index in [0.717, 1.165) is 5.56 Å². The van der Waals surface area contributed by atoms with E-state index in [9.17, 15) is 4.79 Å². The van der Waals surface area contributed by atoms with Gasteiger partial charge in [-0.15, -0.1) is 0 Å². The Morgan fingerprint density at radius 2 is 2.00 bits per heavy atom. The van der Waals surface area contributed by atoms with Crippen molar-refractivity contribution in [1.82, 2.24) is 10.2 Å². The van der Waals surface area contributed by atoms with Crippen LogP contribution in [0, 0.1) is 0 Å². The summed E-state index contributed by atoms with van der Waals surface area (Å²) in [6.07, 6.45) is 0. The second kappa shape index (κ2) is 6.98. The molecule has 0 fully saturated rings. The molecule has 0 aromatic heterocycles. The van der Waals surface area contributed by atoms with E-state index in [4.69, 9.17) is 23.2 Å². The van der Waals surface area contributed by atoms with Gasteiger partial charge in [0.05, 0.1) is 16.6 Å². The van der Waals surface area contributed by atoms with E-state index in [1.165, 1.54) is 0 Å². The minimum Gasteiger partial charge on any atom is -0.340 e. The summed E-state index contributed by atoms with van der Waals surface area (Å²) in [4.78, 5) is 13.5. The number of halogens is 2. The van der Waals surface area contributed by atoms with Crippen molar-refractivity contribution in [3.8, 4) is 0 Å². The first-order valence-corrected chi connectivity index (χ1v) is 6.57. The van der Waals surface area contributed by atoms with Crippen LogP contribution in [-0.4, -0.2) is 30.4 Å². The molecule has 3 nitrogen and oxygen atoms in total. The van der Waals surface area contributed by atoms with Gasteiger partial charge in [-0.1, -0.05) is 43.1 Å². The van der Waals surface area contributed by atoms with Crippen molar-refractivity contribution in [2.24, 2.45) is 0 Å². The maximum Gasteiger partial charge on any atom is 0.236 e. The van der Waals surface area contributed by atoms with Crippen molar-refractivity contribution in [2.75, 3.05) is 13.6 Å². The largest absolute Gasteiger partial charge is 0.340 e. The molecular weight excluding hydrogens is 271 g/mol. The van der Waals surface area contributed by atoms with Crippen molar-refractivity contribution in [3.63, 3.8) is 0 Å². The van der Waals surface area contributed by atoms with Crippen LogP contribution in [0.15, 0.2) is 18.2 Å². The Morgan fingerprint density at radius 1 is 1.33 bits per heavy atom. The molecule has 0 saturated carbocycles. The molecule has 1 aromatic rings. The van der Waals surface area contributed by atoms with Crippen molar-refractivity contribution >= 4 is 29.1 Å². The smallest absolute Gasteiger partial charge is 0.236 e. The van der Waals surface area contributed by atoms with Crippen molar-refractivity contribution < 1.29 is 4.79 Å². The molecule has 5 heteroatoms. The highest BCUT2D eigenvalue weighted by Gasteiger charge is 2.10. The van der Waals surface area contributed by atoms with E-state index in [2.05, 4.69) is 5.32 Å². The lowest BCUT2D eigenvalue weighted by atomic mass is 10.2. The Balaban J connectivity index is 2.55. The molecule has 1 rings (SSSR count). The van der Waals surface area contributed by atoms with Gasteiger partial charge in [-0.25, -0.2) is 0 Å². The van der Waals surface area contributed by atoms with E-state index in [1.807, 2.05) is 19.9 Å². The van der Waals surface area contributed by atoms with Crippen LogP contribution in [0.4, 0.5) is 0 Å². The minimum atomic E-state index is 0.0507. The summed E-state index contributed by atoms with van der Waals surface area (Å²) in [5.41, 5.74) is 0.963. The van der Waals surface area contributed by atoms with Crippen molar-refractivity contribution in [2.45, 2.75) is 26.4 Å². The minimum absolute atomic E-state index is 0.0507. The zero-order valence-electron chi connectivity index (χ0n) is 10.8. The van der Waals surface area contributed by atoms with Gasteiger partial charge in [0.25, 0.3) is 0 Å². The maximum absolute atomic E-state index is 11.8. The highest BCUT2D eigenvalue weighted by atomic mass is 35.5. The summed E-state index contributed by atoms with van der Waals surface area (Å²) >= 11 is 11.8. The fourth-order valence-corrected chi connectivity index (χ4v) is 1.75. The number of likely N-dealkylation sites (N-methyl/N-ethyl adjacent to an activating group) is 1. The Bertz CT molecular complexity index is 421. The normalized spacial score (nSPS) is 10.8. The van der Waals surface area contributed by atoms with Crippen LogP contribution in [0.5, 0.6) is 0 Å². The first-order valence-electron chi connectivity index (χ1n) is 5.81. The van der Waals surface area contributed by atoms with Crippen LogP contribution >= 0.6 is 23.2 Å². The molecule has 0 aliphatic carbocycles. The van der Waals surface area contributed by atoms with Crippen LogP contribution in [0.1, 0.15) is 19.4 Å². The average molecular weight is 289 g/mol. The zero-order valence-corrected chi connectivity index (χ0v) is 12.3. The Kier molecular flexibility index (Phi) is 5.93. The summed E-state index contributed by atoms with van der Waals surface area (Å²) in [7, 11) is 1.77. The molecule has 0 bridgehead atoms. The Morgan fingerprint density at radius 3 is 2.56 bits per heavy atom. The monoisotopic (exact) mass is 288 g/mol. The SMILES string of the molecule is CC(C)NCC(=O)N(C)Cc1ccc(Cl)c(Cl)c1. The number of hydrogen-bond donors (Lipinski definition) is 1. The highest BCUT2D eigenvalue weighted by molar-refractivity contribution is 6.42. The fraction of sp³-hybridized carbons (Fsp3) is 0.462. The topological polar surface area (TPSA) is 32.3 Å². The first-order chi connectivity index (χ1) is 8.40. The van der Waals surface area contributed by atoms with Gasteiger partial charge in [-0.05, 0) is 17.7 Å². The molecule has 18 heavy (non-hydrogen) atoms. The predicted octanol–water partition coefficient (Wildman–Crippen LogP) is 2.95. The molecule has 0 saturated heterocycles. The molecule has 0 unspecified atom stereocenters. The second-order valence-corrected chi connectivity index (χ2v) is 5.35. The number of carbonyl (C=O) groups is 1. The molecule has 0 radical (unpaired) electrons. The summed E-state index contributed by atoms with van der Waals surface area (Å²) in [6, 6.07) is 5.69. The lowest BCUT2D eigenvalue weighted by molar-refractivity contribution is -0.129. The van der Waals surface area contributed by atoms with E-state index in [0.29, 0.717) is 29.2 Å². The van der Waals surface area contributed by atoms with E-state index >= 15 is 0 Å². The molecule has 0 spiro atoms. The van der Waals surface area contributed by atoms with Crippen LogP contribution in [0.2, 0.25) is 10.0 Å². The van der Waals surface area contributed by atoms with Gasteiger partial charge < -0.3 is 10.2 Å². The van der Waals surface area contributed by atoms with Crippen LogP contribution in [-0.2, 0) is 11.3 Å². The number of nitrogens with zero attached hydrogens (tertiary/aromatic N) is 1. The number of benzene rings is 1. The highest BCUT2D eigenvalue weighted by Crippen LogP contribution is 2.23. The predicted molar refractivity (Wildman–Crippen MR) is 76.1 cm³/mol. The number of amides is 1. The van der Waals surface area contributed by atoms with Gasteiger partial charge in [-0.2, -0.15) is 0 Å². The standard InChI is InChI=1S/C13H18Cl2N2O/c1-9(2)16-7-13(18)17(3)8-10-4-5-11(14)12(15)6-10/h4-6,9,16H,7-8H2,1-3H3. The number of rotatable bonds is 5. The molecule has 0 aliphatic rings. The van der Waals surface area contributed by atoms with Gasteiger partial charge in [0.1, 0.15) is 0 Å². The van der Waals surface area contributed by atoms with Gasteiger partial charge in [0, 0.05) is 19.6 Å². The maximum atomic E-state index is 11.8. The lowest BCUT2D eigenvalue weighted by Crippen LogP contribution is -2.37. The van der Waals surface area contributed by atoms with Gasteiger partial charge in [0.2, 0.25) is 5.91 Å². The molecule has 1 aromatic carbocycles. The van der Waals surface area contributed by atoms with Gasteiger partial charge >= 0.3 is 0 Å². The van der Waals surface area contributed by atoms with Crippen molar-refractivity contribution in [3.05, 3.63) is 33.8 Å². The third-order valence-electron chi connectivity index (χ3n) is 2.49. The fourth-order valence-electron chi connectivity index (χ4n) is 1.43. The molecule has 0 heterocycles. The van der Waals surface area contributed by atoms with Crippen LogP contribution < -0.4 is 5.32 Å². The van der Waals surface area contributed by atoms with E-state index in [-0.39, 0.29) is 5.91 Å². The Hall–Kier alpha value is -0.770. The van der Waals surface area contributed by atoms with Crippen molar-refractivity contribution in [1.29, 1.82) is 0 Å². The summed E-state index contributed by atoms with van der Waals surface area (Å²) in [5.74, 6) is 0.0507. The summed E-state index contributed by atoms with van der Waals surface area (Å²) in [6.45, 7) is 4.88. The summed E-state index contributed by atoms with van der Waals surface area (Å²) < 4.78 is 0. The number of hydrogen-bond acceptors (Lipinski definition) is 2. The van der Waals surface area contributed by atoms with E-state index in [1.54, 1.807) is 24.1 Å². The quantitative estimate of drug-likeness (QED) is 0.904. The second-order valence-electron chi connectivity index (χ2n) is 4.53. The van der Waals surface area contributed by atoms with Gasteiger partial charge in [-0.3, -0.25) is 4.79 Å². The average Bonchev–Trinajstić information content (AvgIpc) is 2.30. The molecular formula is C13H18Cl2N2O. The van der Waals surface area contributed by atoms with Crippen LogP contribution in [0.3, 0.4) is 0 Å². The van der Waals surface area contributed by atoms with Crippen LogP contribution in [0.25, 0.3) is 0 Å². The molecule has 1 N–H and O–H groups in total. The molecule has 100 valence electrons. The Labute approximate surface area is 118 Å². The molecule has 0 aliphatic heterocycles. The molecule has 0 atom stereocenters. The number of carbonyl (C=O) groups excluding carboxylic acids is 1. The first kappa shape index (κ1) is 15.3. The lowest BCUT2D eigenvalue weighted by Gasteiger charge is -2.18. The molecule has 1 amide bonds. The third kappa shape index (κ3) is 4.84. The zero-order chi connectivity index (χ0) is 13.7. The summed E-state index contributed by atoms with van der Waals surface area (Å²) in [5, 5.41) is 4.13.